The highest BCUT2D eigenvalue weighted by Gasteiger charge is 2.38. The number of ether oxygens (including phenoxy) is 1. The van der Waals surface area contributed by atoms with Gasteiger partial charge < -0.3 is 19.6 Å². The van der Waals surface area contributed by atoms with Gasteiger partial charge in [-0.2, -0.15) is 0 Å². The number of likely N-dealkylation sites (tertiary alicyclic amines) is 2. The Hall–Kier alpha value is -0.650. The summed E-state index contributed by atoms with van der Waals surface area (Å²) in [6, 6.07) is 0. The monoisotopic (exact) mass is 298 g/mol. The van der Waals surface area contributed by atoms with E-state index in [1.54, 1.807) is 7.11 Å². The summed E-state index contributed by atoms with van der Waals surface area (Å²) in [5.41, 5.74) is -0.606. The summed E-state index contributed by atoms with van der Waals surface area (Å²) in [4.78, 5) is 16.4. The van der Waals surface area contributed by atoms with Crippen LogP contribution >= 0.6 is 0 Å². The first-order valence-electron chi connectivity index (χ1n) is 8.26. The third-order valence-corrected chi connectivity index (χ3v) is 5.15. The second-order valence-electron chi connectivity index (χ2n) is 6.64. The lowest BCUT2D eigenvalue weighted by molar-refractivity contribution is -0.131. The van der Waals surface area contributed by atoms with Crippen LogP contribution in [0.1, 0.15) is 39.0 Å². The second kappa shape index (κ2) is 7.56. The number of aliphatic hydroxyl groups is 1. The summed E-state index contributed by atoms with van der Waals surface area (Å²) in [7, 11) is 1.67. The molecular weight excluding hydrogens is 268 g/mol. The number of piperidine rings is 1. The lowest BCUT2D eigenvalue weighted by Crippen LogP contribution is -2.51. The first kappa shape index (κ1) is 16.7. The summed E-state index contributed by atoms with van der Waals surface area (Å²) in [6.45, 7) is 7.14. The number of methoxy groups -OCH3 is 1. The maximum absolute atomic E-state index is 12.1. The molecule has 2 fully saturated rings. The van der Waals surface area contributed by atoms with E-state index in [0.29, 0.717) is 25.4 Å². The number of amides is 1. The van der Waals surface area contributed by atoms with Crippen LogP contribution < -0.4 is 0 Å². The Kier molecular flexibility index (Phi) is 6.02. The van der Waals surface area contributed by atoms with Crippen LogP contribution in [0.25, 0.3) is 0 Å². The number of hydrogen-bond acceptors (Lipinski definition) is 4. The quantitative estimate of drug-likeness (QED) is 0.798. The van der Waals surface area contributed by atoms with Gasteiger partial charge in [0.1, 0.15) is 0 Å². The van der Waals surface area contributed by atoms with E-state index >= 15 is 0 Å². The molecule has 2 aliphatic rings. The van der Waals surface area contributed by atoms with E-state index in [1.807, 2.05) is 4.90 Å². The van der Waals surface area contributed by atoms with Crippen molar-refractivity contribution in [1.29, 1.82) is 0 Å². The zero-order valence-corrected chi connectivity index (χ0v) is 13.5. The minimum atomic E-state index is -0.606. The lowest BCUT2D eigenvalue weighted by atomic mass is 9.80. The van der Waals surface area contributed by atoms with E-state index in [4.69, 9.17) is 4.74 Å². The number of rotatable bonds is 6. The Morgan fingerprint density at radius 2 is 2.05 bits per heavy atom. The van der Waals surface area contributed by atoms with Crippen molar-refractivity contribution in [1.82, 2.24) is 9.80 Å². The van der Waals surface area contributed by atoms with E-state index in [1.165, 1.54) is 0 Å². The van der Waals surface area contributed by atoms with E-state index < -0.39 is 5.60 Å². The van der Waals surface area contributed by atoms with Gasteiger partial charge in [-0.1, -0.05) is 6.92 Å². The van der Waals surface area contributed by atoms with Crippen molar-refractivity contribution in [3.8, 4) is 0 Å². The Balaban J connectivity index is 1.73. The summed E-state index contributed by atoms with van der Waals surface area (Å²) in [5, 5.41) is 10.7. The summed E-state index contributed by atoms with van der Waals surface area (Å²) in [6.07, 6.45) is 4.39. The van der Waals surface area contributed by atoms with Crippen LogP contribution in [-0.2, 0) is 9.53 Å². The third-order valence-electron chi connectivity index (χ3n) is 5.15. The van der Waals surface area contributed by atoms with E-state index in [-0.39, 0.29) is 5.92 Å². The molecule has 0 aliphatic carbocycles. The predicted octanol–water partition coefficient (Wildman–Crippen LogP) is 1.11. The predicted molar refractivity (Wildman–Crippen MR) is 82.1 cm³/mol. The molecule has 122 valence electrons. The molecule has 0 spiro atoms. The van der Waals surface area contributed by atoms with E-state index in [9.17, 15) is 9.90 Å². The Morgan fingerprint density at radius 1 is 1.33 bits per heavy atom. The van der Waals surface area contributed by atoms with Crippen molar-refractivity contribution in [2.75, 3.05) is 46.4 Å². The van der Waals surface area contributed by atoms with Crippen molar-refractivity contribution in [2.45, 2.75) is 44.6 Å². The molecule has 0 aromatic carbocycles. The highest BCUT2D eigenvalue weighted by molar-refractivity contribution is 5.76. The molecule has 2 heterocycles. The lowest BCUT2D eigenvalue weighted by Gasteiger charge is -2.43. The molecule has 2 aliphatic heterocycles. The zero-order chi connectivity index (χ0) is 15.3. The van der Waals surface area contributed by atoms with Crippen LogP contribution in [0.4, 0.5) is 0 Å². The van der Waals surface area contributed by atoms with Gasteiger partial charge in [-0.15, -0.1) is 0 Å². The molecule has 5 heteroatoms. The summed E-state index contributed by atoms with van der Waals surface area (Å²) < 4.78 is 5.10. The smallest absolute Gasteiger partial charge is 0.223 e. The average Bonchev–Trinajstić information content (AvgIpc) is 3.01. The molecule has 2 rings (SSSR count). The van der Waals surface area contributed by atoms with E-state index in [2.05, 4.69) is 11.8 Å². The van der Waals surface area contributed by atoms with Gasteiger partial charge in [0.05, 0.1) is 5.60 Å². The molecule has 0 unspecified atom stereocenters. The molecule has 21 heavy (non-hydrogen) atoms. The van der Waals surface area contributed by atoms with Crippen LogP contribution in [-0.4, -0.2) is 72.9 Å². The summed E-state index contributed by atoms with van der Waals surface area (Å²) in [5.74, 6) is 0.517. The molecule has 0 aromatic heterocycles. The fourth-order valence-electron chi connectivity index (χ4n) is 3.48. The van der Waals surface area contributed by atoms with Crippen molar-refractivity contribution in [3.05, 3.63) is 0 Å². The molecule has 2 saturated heterocycles. The molecule has 2 atom stereocenters. The van der Waals surface area contributed by atoms with Gasteiger partial charge >= 0.3 is 0 Å². The Labute approximate surface area is 128 Å². The molecule has 0 bridgehead atoms. The largest absolute Gasteiger partial charge is 0.389 e. The van der Waals surface area contributed by atoms with Gasteiger partial charge in [-0.25, -0.2) is 0 Å². The first-order valence-corrected chi connectivity index (χ1v) is 8.26. The molecule has 0 radical (unpaired) electrons. The maximum Gasteiger partial charge on any atom is 0.223 e. The van der Waals surface area contributed by atoms with Crippen molar-refractivity contribution < 1.29 is 14.6 Å². The highest BCUT2D eigenvalue weighted by atomic mass is 16.5. The normalized spacial score (nSPS) is 30.8. The summed E-state index contributed by atoms with van der Waals surface area (Å²) >= 11 is 0. The molecular formula is C16H30N2O3. The van der Waals surface area contributed by atoms with Crippen molar-refractivity contribution >= 4 is 5.91 Å². The minimum Gasteiger partial charge on any atom is -0.389 e. The minimum absolute atomic E-state index is 0.225. The number of carbonyl (C=O) groups is 1. The number of nitrogens with zero attached hydrogens (tertiary/aromatic N) is 2. The molecule has 0 aromatic rings. The van der Waals surface area contributed by atoms with Gasteiger partial charge in [-0.05, 0) is 31.6 Å². The van der Waals surface area contributed by atoms with Gasteiger partial charge in [0.15, 0.2) is 0 Å². The van der Waals surface area contributed by atoms with E-state index in [0.717, 1.165) is 52.0 Å². The number of hydrogen-bond donors (Lipinski definition) is 1. The van der Waals surface area contributed by atoms with Crippen molar-refractivity contribution in [2.24, 2.45) is 5.92 Å². The third kappa shape index (κ3) is 4.41. The van der Waals surface area contributed by atoms with Crippen LogP contribution in [0.3, 0.4) is 0 Å². The Bertz CT molecular complexity index is 344. The zero-order valence-electron chi connectivity index (χ0n) is 13.5. The SMILES string of the molecule is COCC[C@@]1(O)CCN(CCC(=O)N2CCCC2)C[C@@H]1C. The maximum atomic E-state index is 12.1. The molecule has 5 nitrogen and oxygen atoms in total. The van der Waals surface area contributed by atoms with Gasteiger partial charge in [-0.3, -0.25) is 4.79 Å². The van der Waals surface area contributed by atoms with Gasteiger partial charge in [0, 0.05) is 52.9 Å². The van der Waals surface area contributed by atoms with Crippen LogP contribution in [0.15, 0.2) is 0 Å². The van der Waals surface area contributed by atoms with Crippen LogP contribution in [0.5, 0.6) is 0 Å². The van der Waals surface area contributed by atoms with Gasteiger partial charge in [0.25, 0.3) is 0 Å². The first-order chi connectivity index (χ1) is 10.0. The average molecular weight is 298 g/mol. The Morgan fingerprint density at radius 3 is 2.67 bits per heavy atom. The van der Waals surface area contributed by atoms with Gasteiger partial charge in [0.2, 0.25) is 5.91 Å². The number of carbonyl (C=O) groups excluding carboxylic acids is 1. The molecule has 1 amide bonds. The topological polar surface area (TPSA) is 53.0 Å². The highest BCUT2D eigenvalue weighted by Crippen LogP contribution is 2.31. The fraction of sp³-hybridized carbons (Fsp3) is 0.938. The standard InChI is InChI=1S/C16H30N2O3/c1-14-13-17(11-6-16(14,20)7-12-21-2)10-5-15(19)18-8-3-4-9-18/h14,20H,3-13H2,1-2H3/t14-,16-/m0/s1. The molecule has 0 saturated carbocycles. The second-order valence-corrected chi connectivity index (χ2v) is 6.64. The molecule has 1 N–H and O–H groups in total. The van der Waals surface area contributed by atoms with Crippen LogP contribution in [0.2, 0.25) is 0 Å². The fourth-order valence-corrected chi connectivity index (χ4v) is 3.48. The van der Waals surface area contributed by atoms with Crippen LogP contribution in [0, 0.1) is 5.92 Å². The van der Waals surface area contributed by atoms with Crippen molar-refractivity contribution in [3.63, 3.8) is 0 Å².